The zero-order valence-electron chi connectivity index (χ0n) is 8.89. The van der Waals surface area contributed by atoms with Crippen LogP contribution in [0.25, 0.3) is 0 Å². The van der Waals surface area contributed by atoms with Gasteiger partial charge in [-0.25, -0.2) is 0 Å². The molecule has 1 heterocycles. The quantitative estimate of drug-likeness (QED) is 0.687. The van der Waals surface area contributed by atoms with Crippen molar-refractivity contribution in [1.29, 1.82) is 0 Å². The Kier molecular flexibility index (Phi) is 3.77. The van der Waals surface area contributed by atoms with Gasteiger partial charge in [0.15, 0.2) is 5.76 Å². The third-order valence-corrected chi connectivity index (χ3v) is 2.57. The molecule has 3 nitrogen and oxygen atoms in total. The second kappa shape index (κ2) is 5.50. The molecule has 0 unspecified atom stereocenters. The average Bonchev–Trinajstić information content (AvgIpc) is 2.82. The molecule has 0 saturated heterocycles. The van der Waals surface area contributed by atoms with Crippen molar-refractivity contribution in [3.8, 4) is 0 Å². The Bertz CT molecular complexity index is 532. The topological polar surface area (TPSA) is 42.2 Å². The van der Waals surface area contributed by atoms with Crippen LogP contribution in [-0.4, -0.2) is 5.78 Å². The summed E-state index contributed by atoms with van der Waals surface area (Å²) < 4.78 is 5.96. The van der Waals surface area contributed by atoms with E-state index in [2.05, 4.69) is 21.2 Å². The number of benzene rings is 1. The van der Waals surface area contributed by atoms with Gasteiger partial charge in [0.1, 0.15) is 0 Å². The zero-order chi connectivity index (χ0) is 12.1. The van der Waals surface area contributed by atoms with Crippen molar-refractivity contribution in [2.24, 2.45) is 0 Å². The largest absolute Gasteiger partial charge is 0.461 e. The molecule has 0 aliphatic heterocycles. The van der Waals surface area contributed by atoms with Crippen LogP contribution in [0.4, 0.5) is 5.69 Å². The van der Waals surface area contributed by atoms with E-state index >= 15 is 0 Å². The number of allylic oxidation sites excluding steroid dienone is 1. The van der Waals surface area contributed by atoms with Gasteiger partial charge in [-0.2, -0.15) is 0 Å². The lowest BCUT2D eigenvalue weighted by molar-refractivity contribution is 0.102. The van der Waals surface area contributed by atoms with Crippen molar-refractivity contribution >= 4 is 27.4 Å². The number of halogens is 1. The van der Waals surface area contributed by atoms with Crippen molar-refractivity contribution in [2.75, 3.05) is 5.32 Å². The average molecular weight is 292 g/mol. The van der Waals surface area contributed by atoms with Gasteiger partial charge in [-0.05, 0) is 30.3 Å². The van der Waals surface area contributed by atoms with E-state index < -0.39 is 0 Å². The van der Waals surface area contributed by atoms with Gasteiger partial charge in [-0.1, -0.05) is 22.0 Å². The number of anilines is 1. The van der Waals surface area contributed by atoms with Crippen LogP contribution in [0.2, 0.25) is 0 Å². The van der Waals surface area contributed by atoms with Crippen LogP contribution in [0.15, 0.2) is 63.8 Å². The van der Waals surface area contributed by atoms with Crippen LogP contribution in [-0.2, 0) is 0 Å². The van der Waals surface area contributed by atoms with E-state index in [-0.39, 0.29) is 5.78 Å². The van der Waals surface area contributed by atoms with Crippen molar-refractivity contribution in [3.05, 3.63) is 65.2 Å². The van der Waals surface area contributed by atoms with Crippen molar-refractivity contribution in [2.45, 2.75) is 0 Å². The maximum Gasteiger partial charge on any atom is 0.222 e. The molecule has 0 radical (unpaired) electrons. The predicted molar refractivity (Wildman–Crippen MR) is 69.9 cm³/mol. The second-order valence-corrected chi connectivity index (χ2v) is 4.25. The summed E-state index contributed by atoms with van der Waals surface area (Å²) in [5, 5.41) is 3.01. The number of furan rings is 1. The Morgan fingerprint density at radius 1 is 1.29 bits per heavy atom. The van der Waals surface area contributed by atoms with E-state index in [0.29, 0.717) is 5.76 Å². The molecule has 0 amide bonds. The molecule has 0 saturated carbocycles. The van der Waals surface area contributed by atoms with Crippen molar-refractivity contribution in [1.82, 2.24) is 0 Å². The molecule has 0 atom stereocenters. The van der Waals surface area contributed by atoms with Crippen LogP contribution >= 0.6 is 15.9 Å². The highest BCUT2D eigenvalue weighted by molar-refractivity contribution is 9.10. The van der Waals surface area contributed by atoms with E-state index in [1.165, 1.54) is 12.3 Å². The summed E-state index contributed by atoms with van der Waals surface area (Å²) in [7, 11) is 0. The number of nitrogens with one attached hydrogen (secondary N) is 1. The lowest BCUT2D eigenvalue weighted by Crippen LogP contribution is -1.94. The Morgan fingerprint density at radius 2 is 2.18 bits per heavy atom. The fraction of sp³-hybridized carbons (Fsp3) is 0. The van der Waals surface area contributed by atoms with Crippen LogP contribution < -0.4 is 5.32 Å². The molecule has 0 spiro atoms. The first-order valence-electron chi connectivity index (χ1n) is 5.02. The molecule has 2 aromatic rings. The fourth-order valence-electron chi connectivity index (χ4n) is 1.29. The lowest BCUT2D eigenvalue weighted by atomic mass is 10.3. The molecule has 0 aliphatic carbocycles. The number of hydrogen-bond donors (Lipinski definition) is 1. The standard InChI is InChI=1S/C13H10BrNO2/c14-10-3-1-4-11(9-10)15-7-6-12(16)13-5-2-8-17-13/h1-9,15H/b7-6+. The summed E-state index contributed by atoms with van der Waals surface area (Å²) in [4.78, 5) is 11.5. The minimum Gasteiger partial charge on any atom is -0.461 e. The molecule has 1 aromatic heterocycles. The van der Waals surface area contributed by atoms with Gasteiger partial charge in [0.25, 0.3) is 0 Å². The van der Waals surface area contributed by atoms with Gasteiger partial charge in [-0.15, -0.1) is 0 Å². The van der Waals surface area contributed by atoms with E-state index in [0.717, 1.165) is 10.2 Å². The van der Waals surface area contributed by atoms with Crippen molar-refractivity contribution < 1.29 is 9.21 Å². The lowest BCUT2D eigenvalue weighted by Gasteiger charge is -1.99. The molecule has 2 rings (SSSR count). The molecule has 0 fully saturated rings. The molecule has 17 heavy (non-hydrogen) atoms. The van der Waals surface area contributed by atoms with Gasteiger partial charge in [0.05, 0.1) is 6.26 Å². The van der Waals surface area contributed by atoms with Gasteiger partial charge in [0, 0.05) is 22.4 Å². The fourth-order valence-corrected chi connectivity index (χ4v) is 1.69. The Hall–Kier alpha value is -1.81. The van der Waals surface area contributed by atoms with E-state index in [1.807, 2.05) is 24.3 Å². The van der Waals surface area contributed by atoms with Crippen LogP contribution in [0.5, 0.6) is 0 Å². The van der Waals surface area contributed by atoms with E-state index in [1.54, 1.807) is 18.3 Å². The molecule has 0 aliphatic rings. The number of hydrogen-bond acceptors (Lipinski definition) is 3. The summed E-state index contributed by atoms with van der Waals surface area (Å²) in [5.41, 5.74) is 0.905. The molecular weight excluding hydrogens is 282 g/mol. The SMILES string of the molecule is O=C(/C=C/Nc1cccc(Br)c1)c1ccco1. The third-order valence-electron chi connectivity index (χ3n) is 2.07. The molecule has 1 N–H and O–H groups in total. The maximum atomic E-state index is 11.5. The summed E-state index contributed by atoms with van der Waals surface area (Å²) in [5.74, 6) is 0.162. The van der Waals surface area contributed by atoms with E-state index in [4.69, 9.17) is 4.42 Å². The van der Waals surface area contributed by atoms with Crippen LogP contribution in [0.3, 0.4) is 0 Å². The minimum absolute atomic E-state index is 0.169. The first kappa shape index (κ1) is 11.7. The smallest absolute Gasteiger partial charge is 0.222 e. The second-order valence-electron chi connectivity index (χ2n) is 3.33. The van der Waals surface area contributed by atoms with E-state index in [9.17, 15) is 4.79 Å². The normalized spacial score (nSPS) is 10.6. The summed E-state index contributed by atoms with van der Waals surface area (Å²) in [6, 6.07) is 11.0. The number of carbonyl (C=O) groups is 1. The first-order valence-corrected chi connectivity index (χ1v) is 5.81. The van der Waals surface area contributed by atoms with Crippen LogP contribution in [0, 0.1) is 0 Å². The molecule has 86 valence electrons. The minimum atomic E-state index is -0.169. The number of ketones is 1. The first-order chi connectivity index (χ1) is 8.25. The van der Waals surface area contributed by atoms with Gasteiger partial charge >= 0.3 is 0 Å². The molecule has 0 bridgehead atoms. The number of rotatable bonds is 4. The molecule has 4 heteroatoms. The number of carbonyl (C=O) groups excluding carboxylic acids is 1. The van der Waals surface area contributed by atoms with Gasteiger partial charge in [0.2, 0.25) is 5.78 Å². The predicted octanol–water partition coefficient (Wildman–Crippen LogP) is 3.85. The Labute approximate surface area is 107 Å². The monoisotopic (exact) mass is 291 g/mol. The van der Waals surface area contributed by atoms with Gasteiger partial charge in [-0.3, -0.25) is 4.79 Å². The molecule has 1 aromatic carbocycles. The highest BCUT2D eigenvalue weighted by Crippen LogP contribution is 2.15. The molecular formula is C13H10BrNO2. The third kappa shape index (κ3) is 3.32. The van der Waals surface area contributed by atoms with Gasteiger partial charge < -0.3 is 9.73 Å². The Balaban J connectivity index is 1.96. The van der Waals surface area contributed by atoms with Crippen molar-refractivity contribution in [3.63, 3.8) is 0 Å². The highest BCUT2D eigenvalue weighted by atomic mass is 79.9. The summed E-state index contributed by atoms with van der Waals surface area (Å²) in [6.45, 7) is 0. The maximum absolute atomic E-state index is 11.5. The zero-order valence-corrected chi connectivity index (χ0v) is 10.5. The Morgan fingerprint density at radius 3 is 2.88 bits per heavy atom. The van der Waals surface area contributed by atoms with Crippen LogP contribution in [0.1, 0.15) is 10.6 Å². The highest BCUT2D eigenvalue weighted by Gasteiger charge is 2.02. The summed E-state index contributed by atoms with van der Waals surface area (Å²) in [6.07, 6.45) is 4.50. The summed E-state index contributed by atoms with van der Waals surface area (Å²) >= 11 is 3.37.